The van der Waals surface area contributed by atoms with E-state index >= 15 is 0 Å². The molecule has 174 valence electrons. The van der Waals surface area contributed by atoms with Crippen LogP contribution in [-0.4, -0.2) is 51.5 Å². The molecule has 4 rings (SSSR count). The third-order valence-corrected chi connectivity index (χ3v) is 8.71. The summed E-state index contributed by atoms with van der Waals surface area (Å²) < 4.78 is 5.75. The fraction of sp³-hybridized carbons (Fsp3) is 0.615. The quantitative estimate of drug-likeness (QED) is 0.343. The molecule has 2 saturated carbocycles. The van der Waals surface area contributed by atoms with Crippen molar-refractivity contribution in [3.8, 4) is 0 Å². The standard InChI is InChI=1S/C26H34O6/c1-6-7-8-9-19(28)32-23-16(13-27)11-17-20-18(24(20,4)5)10-15(3)25(22(17)30)12-14(2)21(29)26(23,25)31/h6-8,11-12,15,17-18,20-21,23,27,29,31H,1,9-10,13H2,2-5H3/t15-,17+,18-,20+,21+,23+,25+,26+/m1/s1. The fourth-order valence-corrected chi connectivity index (χ4v) is 7.01. The van der Waals surface area contributed by atoms with Gasteiger partial charge in [-0.05, 0) is 47.7 Å². The van der Waals surface area contributed by atoms with Crippen LogP contribution in [0.1, 0.15) is 40.5 Å². The number of carbonyl (C=O) groups excluding carboxylic acids is 2. The Morgan fingerprint density at radius 1 is 1.38 bits per heavy atom. The van der Waals surface area contributed by atoms with E-state index < -0.39 is 41.7 Å². The minimum Gasteiger partial charge on any atom is -0.454 e. The molecule has 6 nitrogen and oxygen atoms in total. The highest BCUT2D eigenvalue weighted by Crippen LogP contribution is 2.71. The molecule has 0 aromatic heterocycles. The van der Waals surface area contributed by atoms with Gasteiger partial charge in [0.1, 0.15) is 6.10 Å². The lowest BCUT2D eigenvalue weighted by molar-refractivity contribution is -0.204. The van der Waals surface area contributed by atoms with Crippen LogP contribution in [0.5, 0.6) is 0 Å². The Bertz CT molecular complexity index is 942. The van der Waals surface area contributed by atoms with Crippen molar-refractivity contribution in [2.75, 3.05) is 6.61 Å². The van der Waals surface area contributed by atoms with Crippen LogP contribution in [0.3, 0.4) is 0 Å². The number of aliphatic hydroxyl groups excluding tert-OH is 2. The van der Waals surface area contributed by atoms with Gasteiger partial charge in [-0.3, -0.25) is 9.59 Å². The highest BCUT2D eigenvalue weighted by atomic mass is 16.6. The number of ketones is 1. The molecule has 2 bridgehead atoms. The first-order valence-corrected chi connectivity index (χ1v) is 11.4. The summed E-state index contributed by atoms with van der Waals surface area (Å²) in [5, 5.41) is 33.7. The predicted octanol–water partition coefficient (Wildman–Crippen LogP) is 2.50. The molecule has 0 saturated heterocycles. The van der Waals surface area contributed by atoms with Crippen molar-refractivity contribution in [1.29, 1.82) is 0 Å². The number of aliphatic hydroxyl groups is 3. The number of hydrogen-bond donors (Lipinski definition) is 3. The molecule has 0 amide bonds. The molecule has 8 atom stereocenters. The average molecular weight is 443 g/mol. The van der Waals surface area contributed by atoms with Gasteiger partial charge in [-0.2, -0.15) is 0 Å². The molecule has 0 aromatic rings. The molecule has 4 aliphatic rings. The molecule has 0 radical (unpaired) electrons. The SMILES string of the molecule is C=CC=CCC(=O)O[C@H]1C(CO)=C[C@@H]2C(=O)[C@]3(C=C(C)[C@H](O)[C@]13O)[C@H](C)C[C@@H]1[C@H]2C1(C)C. The molecule has 0 unspecified atom stereocenters. The van der Waals surface area contributed by atoms with Crippen molar-refractivity contribution in [1.82, 2.24) is 0 Å². The Hall–Kier alpha value is -2.02. The molecule has 32 heavy (non-hydrogen) atoms. The van der Waals surface area contributed by atoms with Gasteiger partial charge in [0.2, 0.25) is 0 Å². The second kappa shape index (κ2) is 7.51. The van der Waals surface area contributed by atoms with Gasteiger partial charge in [-0.1, -0.05) is 57.7 Å². The average Bonchev–Trinajstić information content (AvgIpc) is 3.24. The lowest BCUT2D eigenvalue weighted by Gasteiger charge is -2.49. The van der Waals surface area contributed by atoms with Crippen molar-refractivity contribution in [3.05, 3.63) is 48.1 Å². The van der Waals surface area contributed by atoms with E-state index in [0.717, 1.165) is 6.42 Å². The summed E-state index contributed by atoms with van der Waals surface area (Å²) >= 11 is 0. The summed E-state index contributed by atoms with van der Waals surface area (Å²) in [6.07, 6.45) is 6.08. The predicted molar refractivity (Wildman–Crippen MR) is 119 cm³/mol. The molecule has 4 aliphatic carbocycles. The van der Waals surface area contributed by atoms with Gasteiger partial charge in [0.25, 0.3) is 0 Å². The lowest BCUT2D eigenvalue weighted by atomic mass is 9.59. The number of fused-ring (bicyclic) bond motifs is 3. The van der Waals surface area contributed by atoms with Gasteiger partial charge in [0.15, 0.2) is 17.5 Å². The Morgan fingerprint density at radius 2 is 2.06 bits per heavy atom. The van der Waals surface area contributed by atoms with Crippen LogP contribution in [0.4, 0.5) is 0 Å². The first-order chi connectivity index (χ1) is 15.0. The number of Topliss-reactive ketones (excluding diaryl/α,β-unsaturated/α-hetero) is 1. The molecule has 1 spiro atoms. The molecular formula is C26H34O6. The number of ether oxygens (including phenoxy) is 1. The Morgan fingerprint density at radius 3 is 2.69 bits per heavy atom. The zero-order valence-corrected chi connectivity index (χ0v) is 19.2. The minimum atomic E-state index is -2.09. The maximum Gasteiger partial charge on any atom is 0.310 e. The van der Waals surface area contributed by atoms with Gasteiger partial charge in [0, 0.05) is 5.92 Å². The van der Waals surface area contributed by atoms with Crippen LogP contribution < -0.4 is 0 Å². The first-order valence-electron chi connectivity index (χ1n) is 11.4. The van der Waals surface area contributed by atoms with Crippen LogP contribution in [-0.2, 0) is 14.3 Å². The number of rotatable bonds is 5. The molecule has 6 heteroatoms. The molecule has 0 aromatic carbocycles. The van der Waals surface area contributed by atoms with Crippen LogP contribution in [0.25, 0.3) is 0 Å². The smallest absolute Gasteiger partial charge is 0.310 e. The summed E-state index contributed by atoms with van der Waals surface area (Å²) in [5.74, 6) is -1.18. The zero-order chi connectivity index (χ0) is 23.6. The number of allylic oxidation sites excluding steroid dienone is 3. The highest BCUT2D eigenvalue weighted by molar-refractivity contribution is 5.95. The summed E-state index contributed by atoms with van der Waals surface area (Å²) in [4.78, 5) is 26.8. The minimum absolute atomic E-state index is 0.0344. The lowest BCUT2D eigenvalue weighted by Crippen LogP contribution is -2.66. The van der Waals surface area contributed by atoms with Crippen molar-refractivity contribution in [2.24, 2.45) is 34.5 Å². The zero-order valence-electron chi connectivity index (χ0n) is 19.2. The van der Waals surface area contributed by atoms with E-state index in [-0.39, 0.29) is 35.0 Å². The largest absolute Gasteiger partial charge is 0.454 e. The van der Waals surface area contributed by atoms with Crippen LogP contribution in [0.2, 0.25) is 0 Å². The number of hydrogen-bond acceptors (Lipinski definition) is 6. The van der Waals surface area contributed by atoms with Gasteiger partial charge in [0.05, 0.1) is 18.4 Å². The highest BCUT2D eigenvalue weighted by Gasteiger charge is 2.76. The van der Waals surface area contributed by atoms with E-state index in [9.17, 15) is 24.9 Å². The third kappa shape index (κ3) is 2.82. The van der Waals surface area contributed by atoms with Crippen LogP contribution in [0, 0.1) is 34.5 Å². The second-order valence-electron chi connectivity index (χ2n) is 10.6. The van der Waals surface area contributed by atoms with E-state index in [2.05, 4.69) is 20.4 Å². The van der Waals surface area contributed by atoms with Crippen molar-refractivity contribution in [2.45, 2.75) is 58.3 Å². The Labute approximate surface area is 189 Å². The van der Waals surface area contributed by atoms with Crippen molar-refractivity contribution in [3.63, 3.8) is 0 Å². The molecule has 2 fully saturated rings. The maximum absolute atomic E-state index is 14.2. The number of esters is 1. The van der Waals surface area contributed by atoms with E-state index in [1.165, 1.54) is 6.08 Å². The summed E-state index contributed by atoms with van der Waals surface area (Å²) in [7, 11) is 0. The monoisotopic (exact) mass is 442 g/mol. The summed E-state index contributed by atoms with van der Waals surface area (Å²) in [6, 6.07) is 0. The molecule has 0 aliphatic heterocycles. The fourth-order valence-electron chi connectivity index (χ4n) is 7.01. The molecule has 0 heterocycles. The van der Waals surface area contributed by atoms with Gasteiger partial charge in [-0.25, -0.2) is 0 Å². The van der Waals surface area contributed by atoms with Gasteiger partial charge < -0.3 is 20.1 Å². The Kier molecular flexibility index (Phi) is 5.43. The summed E-state index contributed by atoms with van der Waals surface area (Å²) in [6.45, 7) is 11.0. The van der Waals surface area contributed by atoms with Crippen molar-refractivity contribution < 1.29 is 29.6 Å². The van der Waals surface area contributed by atoms with E-state index in [4.69, 9.17) is 4.74 Å². The number of carbonyl (C=O) groups is 2. The van der Waals surface area contributed by atoms with E-state index in [1.807, 2.05) is 6.92 Å². The van der Waals surface area contributed by atoms with Crippen LogP contribution in [0.15, 0.2) is 48.1 Å². The van der Waals surface area contributed by atoms with E-state index in [1.54, 1.807) is 31.2 Å². The summed E-state index contributed by atoms with van der Waals surface area (Å²) in [5.41, 5.74) is -2.78. The molecule has 3 N–H and O–H groups in total. The maximum atomic E-state index is 14.2. The first kappa shape index (κ1) is 23.1. The van der Waals surface area contributed by atoms with Gasteiger partial charge in [-0.15, -0.1) is 0 Å². The van der Waals surface area contributed by atoms with E-state index in [0.29, 0.717) is 11.5 Å². The normalized spacial score (nSPS) is 44.0. The molecular weight excluding hydrogens is 408 g/mol. The third-order valence-electron chi connectivity index (χ3n) is 8.71. The Balaban J connectivity index is 1.88. The van der Waals surface area contributed by atoms with Crippen LogP contribution >= 0.6 is 0 Å². The second-order valence-corrected chi connectivity index (χ2v) is 10.6. The van der Waals surface area contributed by atoms with Crippen molar-refractivity contribution >= 4 is 11.8 Å². The van der Waals surface area contributed by atoms with Gasteiger partial charge >= 0.3 is 5.97 Å². The topological polar surface area (TPSA) is 104 Å².